The Morgan fingerprint density at radius 1 is 1.47 bits per heavy atom. The van der Waals surface area contributed by atoms with E-state index >= 15 is 0 Å². The van der Waals surface area contributed by atoms with Crippen LogP contribution in [0, 0.1) is 6.92 Å². The summed E-state index contributed by atoms with van der Waals surface area (Å²) in [5, 5.41) is 4.34. The molecule has 80 valence electrons. The molecule has 2 aromatic rings. The predicted octanol–water partition coefficient (Wildman–Crippen LogP) is 3.13. The number of likely N-dealkylation sites (N-methyl/N-ethyl adjacent to an activating group) is 1. The van der Waals surface area contributed by atoms with Crippen molar-refractivity contribution in [1.29, 1.82) is 0 Å². The molecule has 2 rings (SSSR count). The highest BCUT2D eigenvalue weighted by Gasteiger charge is 2.07. The van der Waals surface area contributed by atoms with Crippen molar-refractivity contribution in [3.05, 3.63) is 27.2 Å². The minimum absolute atomic E-state index is 0.983. The van der Waals surface area contributed by atoms with Gasteiger partial charge in [-0.2, -0.15) is 0 Å². The van der Waals surface area contributed by atoms with Crippen LogP contribution >= 0.6 is 27.3 Å². The monoisotopic (exact) mass is 284 g/mol. The maximum atomic E-state index is 4.62. The van der Waals surface area contributed by atoms with Crippen LogP contribution < -0.4 is 5.32 Å². The summed E-state index contributed by atoms with van der Waals surface area (Å²) in [7, 11) is 1.97. The first-order valence-electron chi connectivity index (χ1n) is 4.91. The molecule has 1 aromatic heterocycles. The summed E-state index contributed by atoms with van der Waals surface area (Å²) in [4.78, 5) is 4.62. The van der Waals surface area contributed by atoms with Crippen molar-refractivity contribution in [3.8, 4) is 0 Å². The van der Waals surface area contributed by atoms with Gasteiger partial charge in [0.1, 0.15) is 0 Å². The van der Waals surface area contributed by atoms with Crippen molar-refractivity contribution < 1.29 is 0 Å². The third-order valence-corrected chi connectivity index (χ3v) is 3.89. The molecule has 0 fully saturated rings. The summed E-state index contributed by atoms with van der Waals surface area (Å²) < 4.78 is 2.37. The Labute approximate surface area is 102 Å². The van der Waals surface area contributed by atoms with Gasteiger partial charge in [0.15, 0.2) is 0 Å². The van der Waals surface area contributed by atoms with E-state index in [0.717, 1.165) is 23.0 Å². The van der Waals surface area contributed by atoms with Crippen LogP contribution in [0.4, 0.5) is 0 Å². The minimum Gasteiger partial charge on any atom is -0.319 e. The molecule has 4 heteroatoms. The molecule has 1 heterocycles. The second-order valence-corrected chi connectivity index (χ2v) is 5.52. The summed E-state index contributed by atoms with van der Waals surface area (Å²) >= 11 is 5.34. The molecule has 15 heavy (non-hydrogen) atoms. The summed E-state index contributed by atoms with van der Waals surface area (Å²) in [6.07, 6.45) is 1.00. The average molecular weight is 285 g/mol. The lowest BCUT2D eigenvalue weighted by Crippen LogP contribution is -2.09. The first-order valence-corrected chi connectivity index (χ1v) is 6.52. The standard InChI is InChI=1S/C11H13BrN2S/c1-7-5-8(12)11-9(6-7)15-10(14-11)3-4-13-2/h5-6,13H,3-4H2,1-2H3. The van der Waals surface area contributed by atoms with Crippen LogP contribution in [0.15, 0.2) is 16.6 Å². The van der Waals surface area contributed by atoms with Crippen LogP contribution in [0.3, 0.4) is 0 Å². The van der Waals surface area contributed by atoms with E-state index in [9.17, 15) is 0 Å². The van der Waals surface area contributed by atoms with Crippen molar-refractivity contribution in [2.75, 3.05) is 13.6 Å². The molecule has 0 amide bonds. The Hall–Kier alpha value is -0.450. The normalized spacial score (nSPS) is 11.1. The summed E-state index contributed by atoms with van der Waals surface area (Å²) in [6, 6.07) is 4.31. The molecule has 0 unspecified atom stereocenters. The van der Waals surface area contributed by atoms with E-state index < -0.39 is 0 Å². The number of benzene rings is 1. The second-order valence-electron chi connectivity index (χ2n) is 3.55. The number of fused-ring (bicyclic) bond motifs is 1. The third kappa shape index (κ3) is 2.38. The number of rotatable bonds is 3. The summed E-state index contributed by atoms with van der Waals surface area (Å²) in [5.41, 5.74) is 2.37. The van der Waals surface area contributed by atoms with Crippen molar-refractivity contribution in [2.45, 2.75) is 13.3 Å². The molecule has 0 aliphatic heterocycles. The number of aryl methyl sites for hydroxylation is 1. The first-order chi connectivity index (χ1) is 7.20. The highest BCUT2D eigenvalue weighted by Crippen LogP contribution is 2.29. The molecule has 0 spiro atoms. The maximum Gasteiger partial charge on any atom is 0.0957 e. The average Bonchev–Trinajstić information content (AvgIpc) is 2.57. The molecular formula is C11H13BrN2S. The van der Waals surface area contributed by atoms with E-state index in [1.807, 2.05) is 7.05 Å². The third-order valence-electron chi connectivity index (χ3n) is 2.23. The van der Waals surface area contributed by atoms with E-state index in [-0.39, 0.29) is 0 Å². The van der Waals surface area contributed by atoms with Gasteiger partial charge in [0.05, 0.1) is 15.2 Å². The molecule has 0 atom stereocenters. The molecular weight excluding hydrogens is 272 g/mol. The van der Waals surface area contributed by atoms with Gasteiger partial charge >= 0.3 is 0 Å². The number of aromatic nitrogens is 1. The van der Waals surface area contributed by atoms with Crippen LogP contribution in [0.25, 0.3) is 10.2 Å². The van der Waals surface area contributed by atoms with E-state index in [2.05, 4.69) is 45.3 Å². The number of hydrogen-bond donors (Lipinski definition) is 1. The van der Waals surface area contributed by atoms with Gasteiger partial charge in [-0.25, -0.2) is 4.98 Å². The largest absolute Gasteiger partial charge is 0.319 e. The zero-order chi connectivity index (χ0) is 10.8. The van der Waals surface area contributed by atoms with Gasteiger partial charge in [0, 0.05) is 17.4 Å². The smallest absolute Gasteiger partial charge is 0.0957 e. The van der Waals surface area contributed by atoms with Crippen LogP contribution in [-0.4, -0.2) is 18.6 Å². The summed E-state index contributed by atoms with van der Waals surface area (Å²) in [5.74, 6) is 0. The summed E-state index contributed by atoms with van der Waals surface area (Å²) in [6.45, 7) is 3.09. The molecule has 0 bridgehead atoms. The van der Waals surface area contributed by atoms with Gasteiger partial charge in [-0.1, -0.05) is 0 Å². The Kier molecular flexibility index (Phi) is 3.38. The Morgan fingerprint density at radius 2 is 2.27 bits per heavy atom. The fourth-order valence-corrected chi connectivity index (χ4v) is 3.39. The van der Waals surface area contributed by atoms with Crippen LogP contribution in [-0.2, 0) is 6.42 Å². The van der Waals surface area contributed by atoms with Crippen molar-refractivity contribution in [2.24, 2.45) is 0 Å². The molecule has 0 saturated heterocycles. The number of nitrogens with one attached hydrogen (secondary N) is 1. The molecule has 0 aliphatic carbocycles. The van der Waals surface area contributed by atoms with E-state index in [4.69, 9.17) is 0 Å². The van der Waals surface area contributed by atoms with Gasteiger partial charge in [-0.05, 0) is 47.6 Å². The highest BCUT2D eigenvalue weighted by atomic mass is 79.9. The topological polar surface area (TPSA) is 24.9 Å². The molecule has 0 saturated carbocycles. The number of thiazole rings is 1. The predicted molar refractivity (Wildman–Crippen MR) is 69.7 cm³/mol. The molecule has 1 aromatic carbocycles. The van der Waals surface area contributed by atoms with Crippen molar-refractivity contribution in [1.82, 2.24) is 10.3 Å². The lowest BCUT2D eigenvalue weighted by atomic mass is 10.2. The first kappa shape index (κ1) is 11.0. The number of hydrogen-bond acceptors (Lipinski definition) is 3. The van der Waals surface area contributed by atoms with Gasteiger partial charge in [-0.15, -0.1) is 11.3 Å². The molecule has 2 nitrogen and oxygen atoms in total. The SMILES string of the molecule is CNCCc1nc2c(Br)cc(C)cc2s1. The van der Waals surface area contributed by atoms with Gasteiger partial charge < -0.3 is 5.32 Å². The molecule has 1 N–H and O–H groups in total. The lowest BCUT2D eigenvalue weighted by Gasteiger charge is -1.94. The zero-order valence-corrected chi connectivity index (χ0v) is 11.2. The van der Waals surface area contributed by atoms with Crippen LogP contribution in [0.5, 0.6) is 0 Å². The fourth-order valence-electron chi connectivity index (χ4n) is 1.50. The number of halogens is 1. The zero-order valence-electron chi connectivity index (χ0n) is 8.80. The van der Waals surface area contributed by atoms with Crippen LogP contribution in [0.2, 0.25) is 0 Å². The maximum absolute atomic E-state index is 4.62. The fraction of sp³-hybridized carbons (Fsp3) is 0.364. The van der Waals surface area contributed by atoms with Crippen LogP contribution in [0.1, 0.15) is 10.6 Å². The minimum atomic E-state index is 0.983. The molecule has 0 aliphatic rings. The Bertz CT molecular complexity index is 479. The second kappa shape index (κ2) is 4.60. The van der Waals surface area contributed by atoms with Crippen molar-refractivity contribution in [3.63, 3.8) is 0 Å². The Balaban J connectivity index is 2.41. The van der Waals surface area contributed by atoms with E-state index in [0.29, 0.717) is 0 Å². The van der Waals surface area contributed by atoms with Gasteiger partial charge in [-0.3, -0.25) is 0 Å². The molecule has 0 radical (unpaired) electrons. The van der Waals surface area contributed by atoms with Gasteiger partial charge in [0.25, 0.3) is 0 Å². The highest BCUT2D eigenvalue weighted by molar-refractivity contribution is 9.10. The van der Waals surface area contributed by atoms with E-state index in [1.165, 1.54) is 15.3 Å². The Morgan fingerprint density at radius 3 is 3.00 bits per heavy atom. The quantitative estimate of drug-likeness (QED) is 0.937. The lowest BCUT2D eigenvalue weighted by molar-refractivity contribution is 0.789. The van der Waals surface area contributed by atoms with Gasteiger partial charge in [0.2, 0.25) is 0 Å². The number of nitrogens with zero attached hydrogens (tertiary/aromatic N) is 1. The van der Waals surface area contributed by atoms with Crippen molar-refractivity contribution >= 4 is 37.5 Å². The van der Waals surface area contributed by atoms with E-state index in [1.54, 1.807) is 11.3 Å².